The standard InChI is InChI=1S/C12H16ClN3/c1-16-6-5-8(7-16)11(14)9-3-2-4-10(13)12(9)15/h2-4,8,14H,5-7,15H2,1H3. The first kappa shape index (κ1) is 11.4. The van der Waals surface area contributed by atoms with Crippen LogP contribution in [0.25, 0.3) is 0 Å². The lowest BCUT2D eigenvalue weighted by Gasteiger charge is -2.14. The van der Waals surface area contributed by atoms with Crippen molar-refractivity contribution in [2.24, 2.45) is 5.92 Å². The van der Waals surface area contributed by atoms with Gasteiger partial charge in [-0.05, 0) is 26.1 Å². The molecular formula is C12H16ClN3. The third-order valence-corrected chi connectivity index (χ3v) is 3.47. The summed E-state index contributed by atoms with van der Waals surface area (Å²) in [6.07, 6.45) is 1.03. The molecule has 1 fully saturated rings. The quantitative estimate of drug-likeness (QED) is 0.612. The van der Waals surface area contributed by atoms with Crippen LogP contribution in [0, 0.1) is 11.3 Å². The summed E-state index contributed by atoms with van der Waals surface area (Å²) in [5, 5.41) is 8.72. The van der Waals surface area contributed by atoms with Crippen molar-refractivity contribution in [1.82, 2.24) is 4.90 Å². The number of rotatable bonds is 2. The van der Waals surface area contributed by atoms with E-state index in [2.05, 4.69) is 11.9 Å². The molecule has 0 spiro atoms. The molecule has 1 aromatic rings. The van der Waals surface area contributed by atoms with Gasteiger partial charge < -0.3 is 16.0 Å². The van der Waals surface area contributed by atoms with Crippen LogP contribution in [0.5, 0.6) is 0 Å². The summed E-state index contributed by atoms with van der Waals surface area (Å²) >= 11 is 5.96. The SMILES string of the molecule is CN1CCC(C(=N)c2cccc(Cl)c2N)C1. The van der Waals surface area contributed by atoms with E-state index in [1.165, 1.54) is 0 Å². The molecule has 1 unspecified atom stereocenters. The summed E-state index contributed by atoms with van der Waals surface area (Å²) in [6, 6.07) is 5.48. The van der Waals surface area contributed by atoms with Crippen LogP contribution in [0.3, 0.4) is 0 Å². The molecule has 0 amide bonds. The number of likely N-dealkylation sites (tertiary alicyclic amines) is 1. The highest BCUT2D eigenvalue weighted by Gasteiger charge is 2.25. The van der Waals surface area contributed by atoms with Gasteiger partial charge in [-0.15, -0.1) is 0 Å². The third-order valence-electron chi connectivity index (χ3n) is 3.14. The molecule has 1 heterocycles. The van der Waals surface area contributed by atoms with Crippen LogP contribution in [0.4, 0.5) is 5.69 Å². The minimum Gasteiger partial charge on any atom is -0.397 e. The molecule has 1 aromatic carbocycles. The molecule has 0 bridgehead atoms. The van der Waals surface area contributed by atoms with Gasteiger partial charge in [0.2, 0.25) is 0 Å². The van der Waals surface area contributed by atoms with Crippen LogP contribution in [0.15, 0.2) is 18.2 Å². The Bertz CT molecular complexity index is 417. The van der Waals surface area contributed by atoms with E-state index in [0.29, 0.717) is 16.4 Å². The molecule has 1 aliphatic heterocycles. The Hall–Kier alpha value is -1.06. The highest BCUT2D eigenvalue weighted by Crippen LogP contribution is 2.27. The van der Waals surface area contributed by atoms with Crippen molar-refractivity contribution in [3.63, 3.8) is 0 Å². The zero-order valence-corrected chi connectivity index (χ0v) is 10.1. The van der Waals surface area contributed by atoms with Crippen LogP contribution in [-0.4, -0.2) is 30.7 Å². The van der Waals surface area contributed by atoms with Gasteiger partial charge in [0.15, 0.2) is 0 Å². The second-order valence-corrected chi connectivity index (χ2v) is 4.77. The lowest BCUT2D eigenvalue weighted by molar-refractivity contribution is 0.411. The van der Waals surface area contributed by atoms with Gasteiger partial charge in [-0.2, -0.15) is 0 Å². The zero-order chi connectivity index (χ0) is 11.7. The van der Waals surface area contributed by atoms with Crippen molar-refractivity contribution in [2.75, 3.05) is 25.9 Å². The number of hydrogen-bond donors (Lipinski definition) is 2. The topological polar surface area (TPSA) is 53.1 Å². The van der Waals surface area contributed by atoms with Crippen molar-refractivity contribution in [2.45, 2.75) is 6.42 Å². The number of nitrogens with one attached hydrogen (secondary N) is 1. The molecule has 2 rings (SSSR count). The molecule has 1 aliphatic rings. The molecular weight excluding hydrogens is 222 g/mol. The summed E-state index contributed by atoms with van der Waals surface area (Å²) < 4.78 is 0. The van der Waals surface area contributed by atoms with E-state index in [-0.39, 0.29) is 5.92 Å². The largest absolute Gasteiger partial charge is 0.397 e. The highest BCUT2D eigenvalue weighted by atomic mass is 35.5. The maximum atomic E-state index is 8.19. The van der Waals surface area contributed by atoms with Crippen molar-refractivity contribution >= 4 is 23.0 Å². The number of hydrogen-bond acceptors (Lipinski definition) is 3. The number of anilines is 1. The van der Waals surface area contributed by atoms with E-state index >= 15 is 0 Å². The first-order valence-electron chi connectivity index (χ1n) is 5.41. The average molecular weight is 238 g/mol. The summed E-state index contributed by atoms with van der Waals surface area (Å²) in [4.78, 5) is 2.24. The van der Waals surface area contributed by atoms with Gasteiger partial charge in [-0.3, -0.25) is 0 Å². The number of nitrogen functional groups attached to an aromatic ring is 1. The van der Waals surface area contributed by atoms with E-state index < -0.39 is 0 Å². The number of para-hydroxylation sites is 1. The van der Waals surface area contributed by atoms with E-state index in [0.717, 1.165) is 25.1 Å². The van der Waals surface area contributed by atoms with E-state index in [9.17, 15) is 0 Å². The Labute approximate surface area is 101 Å². The summed E-state index contributed by atoms with van der Waals surface area (Å²) in [5.74, 6) is 0.283. The summed E-state index contributed by atoms with van der Waals surface area (Å²) in [5.41, 5.74) is 7.83. The minimum absolute atomic E-state index is 0.283. The Morgan fingerprint density at radius 3 is 2.94 bits per heavy atom. The second kappa shape index (κ2) is 4.44. The van der Waals surface area contributed by atoms with Crippen LogP contribution in [0.1, 0.15) is 12.0 Å². The molecule has 3 nitrogen and oxygen atoms in total. The van der Waals surface area contributed by atoms with Gasteiger partial charge in [0.05, 0.1) is 10.7 Å². The number of nitrogens with two attached hydrogens (primary N) is 1. The maximum Gasteiger partial charge on any atom is 0.0642 e. The fourth-order valence-corrected chi connectivity index (χ4v) is 2.34. The highest BCUT2D eigenvalue weighted by molar-refractivity contribution is 6.34. The molecule has 0 radical (unpaired) electrons. The Kier molecular flexibility index (Phi) is 3.17. The predicted molar refractivity (Wildman–Crippen MR) is 68.3 cm³/mol. The van der Waals surface area contributed by atoms with Gasteiger partial charge in [0.25, 0.3) is 0 Å². The molecule has 1 saturated heterocycles. The average Bonchev–Trinajstić information content (AvgIpc) is 2.68. The van der Waals surface area contributed by atoms with Gasteiger partial charge in [0.1, 0.15) is 0 Å². The molecule has 0 aromatic heterocycles. The van der Waals surface area contributed by atoms with Crippen LogP contribution in [-0.2, 0) is 0 Å². The molecule has 86 valence electrons. The maximum absolute atomic E-state index is 8.19. The van der Waals surface area contributed by atoms with Crippen molar-refractivity contribution in [3.05, 3.63) is 28.8 Å². The normalized spacial score (nSPS) is 21.2. The summed E-state index contributed by atoms with van der Waals surface area (Å²) in [6.45, 7) is 1.98. The summed E-state index contributed by atoms with van der Waals surface area (Å²) in [7, 11) is 2.08. The lowest BCUT2D eigenvalue weighted by atomic mass is 9.95. The van der Waals surface area contributed by atoms with Gasteiger partial charge in [-0.25, -0.2) is 0 Å². The van der Waals surface area contributed by atoms with Crippen molar-refractivity contribution < 1.29 is 0 Å². The molecule has 0 aliphatic carbocycles. The van der Waals surface area contributed by atoms with Gasteiger partial charge >= 0.3 is 0 Å². The monoisotopic (exact) mass is 237 g/mol. The predicted octanol–water partition coefficient (Wildman–Crippen LogP) is 2.24. The smallest absolute Gasteiger partial charge is 0.0642 e. The lowest BCUT2D eigenvalue weighted by Crippen LogP contribution is -2.20. The Morgan fingerprint density at radius 2 is 2.31 bits per heavy atom. The van der Waals surface area contributed by atoms with Gasteiger partial charge in [-0.1, -0.05) is 23.7 Å². The second-order valence-electron chi connectivity index (χ2n) is 4.36. The third kappa shape index (κ3) is 2.06. The molecule has 0 saturated carbocycles. The molecule has 3 N–H and O–H groups in total. The first-order chi connectivity index (χ1) is 7.59. The van der Waals surface area contributed by atoms with Crippen molar-refractivity contribution in [3.8, 4) is 0 Å². The fourth-order valence-electron chi connectivity index (χ4n) is 2.16. The Morgan fingerprint density at radius 1 is 1.56 bits per heavy atom. The fraction of sp³-hybridized carbons (Fsp3) is 0.417. The van der Waals surface area contributed by atoms with E-state index in [4.69, 9.17) is 22.7 Å². The van der Waals surface area contributed by atoms with E-state index in [1.807, 2.05) is 12.1 Å². The molecule has 16 heavy (non-hydrogen) atoms. The van der Waals surface area contributed by atoms with E-state index in [1.54, 1.807) is 6.07 Å². The number of halogens is 1. The van der Waals surface area contributed by atoms with Gasteiger partial charge in [0, 0.05) is 23.7 Å². The molecule has 1 atom stereocenters. The number of benzene rings is 1. The van der Waals surface area contributed by atoms with Crippen LogP contribution in [0.2, 0.25) is 5.02 Å². The first-order valence-corrected chi connectivity index (χ1v) is 5.78. The van der Waals surface area contributed by atoms with Crippen LogP contribution < -0.4 is 5.73 Å². The zero-order valence-electron chi connectivity index (χ0n) is 9.33. The number of nitrogens with zero attached hydrogens (tertiary/aromatic N) is 1. The molecule has 4 heteroatoms. The van der Waals surface area contributed by atoms with Crippen LogP contribution >= 0.6 is 11.6 Å². The Balaban J connectivity index is 2.24. The minimum atomic E-state index is 0.283. The van der Waals surface area contributed by atoms with Crippen molar-refractivity contribution in [1.29, 1.82) is 5.41 Å².